The smallest absolute Gasteiger partial charge is 0.324 e. The van der Waals surface area contributed by atoms with Gasteiger partial charge in [0, 0.05) is 44.0 Å². The maximum atomic E-state index is 16.1. The molecule has 69 heavy (non-hydrogen) atoms. The van der Waals surface area contributed by atoms with Crippen LogP contribution in [-0.4, -0.2) is 101 Å². The summed E-state index contributed by atoms with van der Waals surface area (Å²) in [4.78, 5) is 53.6. The van der Waals surface area contributed by atoms with Crippen LogP contribution < -0.4 is 19.5 Å². The minimum absolute atomic E-state index is 0.0418. The molecule has 1 spiro atoms. The van der Waals surface area contributed by atoms with Crippen molar-refractivity contribution in [2.24, 2.45) is 5.92 Å². The molecule has 5 aromatic carbocycles. The van der Waals surface area contributed by atoms with Crippen LogP contribution in [0.15, 0.2) is 121 Å². The van der Waals surface area contributed by atoms with E-state index in [0.29, 0.717) is 79.4 Å². The summed E-state index contributed by atoms with van der Waals surface area (Å²) in [7, 11) is 0. The van der Waals surface area contributed by atoms with Crippen molar-refractivity contribution >= 4 is 23.5 Å². The zero-order valence-corrected chi connectivity index (χ0v) is 38.4. The second-order valence-electron chi connectivity index (χ2n) is 19.1. The third-order valence-electron chi connectivity index (χ3n) is 15.0. The van der Waals surface area contributed by atoms with Gasteiger partial charge in [-0.2, -0.15) is 0 Å². The molecular formula is C56H56N4O9. The zero-order chi connectivity index (χ0) is 47.1. The van der Waals surface area contributed by atoms with Crippen LogP contribution in [-0.2, 0) is 31.1 Å². The topological polar surface area (TPSA) is 150 Å². The number of benzene rings is 5. The van der Waals surface area contributed by atoms with Crippen molar-refractivity contribution in [1.82, 2.24) is 14.7 Å². The van der Waals surface area contributed by atoms with E-state index in [-0.39, 0.29) is 25.9 Å². The van der Waals surface area contributed by atoms with Gasteiger partial charge in [-0.25, -0.2) is 0 Å². The number of hydrogen-bond donors (Lipinski definition) is 3. The van der Waals surface area contributed by atoms with E-state index >= 15 is 14.4 Å². The summed E-state index contributed by atoms with van der Waals surface area (Å²) in [5, 5.41) is 24.7. The lowest BCUT2D eigenvalue weighted by molar-refractivity contribution is -0.179. The Morgan fingerprint density at radius 1 is 0.768 bits per heavy atom. The molecule has 0 unspecified atom stereocenters. The number of aliphatic hydroxyl groups is 2. The molecule has 13 heteroatoms. The molecule has 4 fully saturated rings. The standard InChI is InChI=1S/C56H56N4O9/c61-30-31-66-42-17-11-16-41(34-42)51-56(43-32-37(18-20-44(43)57-54(56)64)22-25-55(65)23-9-1-2-10-24-55)47(52(62)59-28-26-58(27-29-59)35-38-19-21-45-46(33-38)68-36-67-45)49-53(63)69-50(40-14-7-4-8-15-40)48(60(49)51)39-12-5-3-6-13-39/h3-8,11-21,32-34,47-51,61,65H,1-2,9-10,23-24,26-31,35-36H2,(H,57,64)/t47-,48-,49-,50+,51+,56-/m0/s1. The molecule has 6 aliphatic rings. The molecule has 1 saturated carbocycles. The van der Waals surface area contributed by atoms with Crippen molar-refractivity contribution in [3.63, 3.8) is 0 Å². The highest BCUT2D eigenvalue weighted by Gasteiger charge is 2.74. The van der Waals surface area contributed by atoms with Crippen LogP contribution in [0.5, 0.6) is 17.2 Å². The van der Waals surface area contributed by atoms with Gasteiger partial charge in [0.05, 0.1) is 24.6 Å². The fraction of sp³-hybridized carbons (Fsp3) is 0.375. The van der Waals surface area contributed by atoms with Crippen LogP contribution in [0.25, 0.3) is 0 Å². The van der Waals surface area contributed by atoms with Gasteiger partial charge in [0.1, 0.15) is 35.5 Å². The molecule has 5 aliphatic heterocycles. The van der Waals surface area contributed by atoms with Crippen LogP contribution in [0, 0.1) is 17.8 Å². The molecule has 6 atom stereocenters. The van der Waals surface area contributed by atoms with Gasteiger partial charge in [0.25, 0.3) is 0 Å². The second kappa shape index (κ2) is 18.7. The van der Waals surface area contributed by atoms with Gasteiger partial charge in [-0.05, 0) is 96.0 Å². The fourth-order valence-electron chi connectivity index (χ4n) is 11.8. The molecule has 0 bridgehead atoms. The van der Waals surface area contributed by atoms with Gasteiger partial charge in [-0.3, -0.25) is 24.2 Å². The summed E-state index contributed by atoms with van der Waals surface area (Å²) in [6.07, 6.45) is 4.20. The van der Waals surface area contributed by atoms with E-state index in [1.54, 1.807) is 6.07 Å². The summed E-state index contributed by atoms with van der Waals surface area (Å²) < 4.78 is 23.9. The van der Waals surface area contributed by atoms with E-state index in [4.69, 9.17) is 18.9 Å². The van der Waals surface area contributed by atoms with E-state index in [1.807, 2.05) is 120 Å². The Hall–Kier alpha value is -6.69. The van der Waals surface area contributed by atoms with Gasteiger partial charge in [0.2, 0.25) is 18.6 Å². The van der Waals surface area contributed by atoms with Gasteiger partial charge in [-0.15, -0.1) is 0 Å². The Balaban J connectivity index is 1.08. The Labute approximate surface area is 401 Å². The van der Waals surface area contributed by atoms with Crippen LogP contribution in [0.1, 0.15) is 90.1 Å². The van der Waals surface area contributed by atoms with Crippen LogP contribution in [0.4, 0.5) is 5.69 Å². The number of morpholine rings is 1. The van der Waals surface area contributed by atoms with Crippen LogP contribution >= 0.6 is 0 Å². The number of cyclic esters (lactones) is 1. The van der Waals surface area contributed by atoms with Crippen molar-refractivity contribution in [3.05, 3.63) is 155 Å². The Morgan fingerprint density at radius 2 is 1.49 bits per heavy atom. The van der Waals surface area contributed by atoms with E-state index in [9.17, 15) is 10.2 Å². The SMILES string of the molecule is O=C1O[C@H](c2ccccc2)[C@H](c2ccccc2)N2[C@H]1[C@@H](C(=O)N1CCN(Cc3ccc4c(c3)OCO4)CC1)[C@]1(C(=O)Nc3ccc(C#CC4(O)CCCCCC4)cc31)[C@H]2c1cccc(OCCO)c1. The molecule has 2 amide bonds. The molecule has 0 radical (unpaired) electrons. The van der Waals surface area contributed by atoms with Crippen molar-refractivity contribution < 1.29 is 43.5 Å². The quantitative estimate of drug-likeness (QED) is 0.0811. The third-order valence-corrected chi connectivity index (χ3v) is 15.0. The maximum Gasteiger partial charge on any atom is 0.324 e. The molecule has 5 aromatic rings. The van der Waals surface area contributed by atoms with E-state index in [1.165, 1.54) is 0 Å². The summed E-state index contributed by atoms with van der Waals surface area (Å²) in [6, 6.07) is 35.5. The lowest BCUT2D eigenvalue weighted by Crippen LogP contribution is -2.58. The molecule has 13 nitrogen and oxygen atoms in total. The van der Waals surface area contributed by atoms with Gasteiger partial charge < -0.3 is 39.4 Å². The van der Waals surface area contributed by atoms with Gasteiger partial charge in [-0.1, -0.05) is 104 Å². The number of carbonyl (C=O) groups is 3. The Bertz CT molecular complexity index is 2800. The fourth-order valence-corrected chi connectivity index (χ4v) is 11.8. The largest absolute Gasteiger partial charge is 0.491 e. The van der Waals surface area contributed by atoms with Gasteiger partial charge >= 0.3 is 5.97 Å². The number of ether oxygens (including phenoxy) is 4. The average Bonchev–Trinajstić information content (AvgIpc) is 4.01. The molecule has 0 aromatic heterocycles. The Morgan fingerprint density at radius 3 is 2.25 bits per heavy atom. The molecular weight excluding hydrogens is 873 g/mol. The van der Waals surface area contributed by atoms with Gasteiger partial charge in [0.15, 0.2) is 11.5 Å². The molecule has 354 valence electrons. The predicted octanol–water partition coefficient (Wildman–Crippen LogP) is 6.84. The summed E-state index contributed by atoms with van der Waals surface area (Å²) in [5.41, 5.74) is 2.11. The third kappa shape index (κ3) is 8.19. The number of carbonyl (C=O) groups excluding carboxylic acids is 3. The number of nitrogens with zero attached hydrogens (tertiary/aromatic N) is 3. The second-order valence-corrected chi connectivity index (χ2v) is 19.1. The molecule has 11 rings (SSSR count). The number of anilines is 1. The molecule has 3 N–H and O–H groups in total. The minimum atomic E-state index is -1.72. The molecule has 3 saturated heterocycles. The monoisotopic (exact) mass is 928 g/mol. The van der Waals surface area contributed by atoms with Crippen LogP contribution in [0.2, 0.25) is 0 Å². The number of rotatable bonds is 9. The number of hydrogen-bond acceptors (Lipinski definition) is 11. The van der Waals surface area contributed by atoms with E-state index in [0.717, 1.165) is 48.1 Å². The first-order valence-corrected chi connectivity index (χ1v) is 24.3. The first kappa shape index (κ1) is 44.8. The zero-order valence-electron chi connectivity index (χ0n) is 38.4. The average molecular weight is 929 g/mol. The summed E-state index contributed by atoms with van der Waals surface area (Å²) in [6.45, 7) is 2.50. The summed E-state index contributed by atoms with van der Waals surface area (Å²) >= 11 is 0. The molecule has 1 aliphatic carbocycles. The van der Waals surface area contributed by atoms with Crippen molar-refractivity contribution in [1.29, 1.82) is 0 Å². The molecule has 5 heterocycles. The first-order valence-electron chi connectivity index (χ1n) is 24.3. The first-order chi connectivity index (χ1) is 33.7. The normalized spacial score (nSPS) is 26.0. The van der Waals surface area contributed by atoms with Crippen molar-refractivity contribution in [3.8, 4) is 29.1 Å². The number of nitrogens with one attached hydrogen (secondary N) is 1. The maximum absolute atomic E-state index is 16.1. The predicted molar refractivity (Wildman–Crippen MR) is 256 cm³/mol. The highest BCUT2D eigenvalue weighted by Crippen LogP contribution is 2.65. The van der Waals surface area contributed by atoms with Crippen LogP contribution in [0.3, 0.4) is 0 Å². The lowest BCUT2D eigenvalue weighted by atomic mass is 9.65. The minimum Gasteiger partial charge on any atom is -0.491 e. The number of piperazine rings is 1. The van der Waals surface area contributed by atoms with E-state index < -0.39 is 53.0 Å². The number of aliphatic hydroxyl groups excluding tert-OH is 1. The summed E-state index contributed by atoms with van der Waals surface area (Å²) in [5.74, 6) is 5.81. The van der Waals surface area contributed by atoms with Crippen molar-refractivity contribution in [2.45, 2.75) is 80.3 Å². The highest BCUT2D eigenvalue weighted by atomic mass is 16.7. The highest BCUT2D eigenvalue weighted by molar-refractivity contribution is 6.12. The Kier molecular flexibility index (Phi) is 12.1. The number of esters is 1. The number of fused-ring (bicyclic) bond motifs is 4. The lowest BCUT2D eigenvalue weighted by Gasteiger charge is -2.46. The number of amides is 2. The van der Waals surface area contributed by atoms with E-state index in [2.05, 4.69) is 27.0 Å². The van der Waals surface area contributed by atoms with Crippen molar-refractivity contribution in [2.75, 3.05) is 51.5 Å².